The Labute approximate surface area is 195 Å². The molecule has 4 heterocycles. The molecule has 2 aromatic heterocycles. The molecule has 12 heteroatoms. The fraction of sp³-hybridized carbons (Fsp3) is 0.409. The Morgan fingerprint density at radius 2 is 2.24 bits per heavy atom. The van der Waals surface area contributed by atoms with Gasteiger partial charge in [0, 0.05) is 31.0 Å². The summed E-state index contributed by atoms with van der Waals surface area (Å²) in [5.41, 5.74) is 1.08. The summed E-state index contributed by atoms with van der Waals surface area (Å²) in [4.78, 5) is 31.6. The first kappa shape index (κ1) is 21.9. The summed E-state index contributed by atoms with van der Waals surface area (Å²) in [6.07, 6.45) is 6.35. The van der Waals surface area contributed by atoms with E-state index in [2.05, 4.69) is 20.6 Å². The molecule has 2 atom stereocenters. The van der Waals surface area contributed by atoms with E-state index in [1.165, 1.54) is 0 Å². The van der Waals surface area contributed by atoms with Crippen LogP contribution in [-0.2, 0) is 29.2 Å². The molecule has 178 valence electrons. The number of likely N-dealkylation sites (tertiary alicyclic amines) is 1. The van der Waals surface area contributed by atoms with E-state index >= 15 is 0 Å². The Morgan fingerprint density at radius 1 is 1.32 bits per heavy atom. The van der Waals surface area contributed by atoms with Gasteiger partial charge in [0.2, 0.25) is 5.91 Å². The molecule has 1 N–H and O–H groups in total. The topological polar surface area (TPSA) is 126 Å². The molecule has 4 bridgehead atoms. The number of carbonyl (C=O) groups is 2. The number of imidazole rings is 1. The van der Waals surface area contributed by atoms with E-state index in [0.717, 1.165) is 0 Å². The molecule has 0 saturated carbocycles. The zero-order valence-corrected chi connectivity index (χ0v) is 18.7. The van der Waals surface area contributed by atoms with Gasteiger partial charge in [0.1, 0.15) is 18.8 Å². The highest BCUT2D eigenvalue weighted by atomic mass is 16.5. The molecule has 0 unspecified atom stereocenters. The number of aromatic nitrogens is 5. The molecule has 12 nitrogen and oxygen atoms in total. The second kappa shape index (κ2) is 9.51. The first-order valence-electron chi connectivity index (χ1n) is 10.9. The van der Waals surface area contributed by atoms with E-state index in [0.29, 0.717) is 49.0 Å². The monoisotopic (exact) mass is 467 g/mol. The van der Waals surface area contributed by atoms with Crippen LogP contribution < -0.4 is 14.8 Å². The zero-order chi connectivity index (χ0) is 23.5. The lowest BCUT2D eigenvalue weighted by atomic mass is 10.1. The van der Waals surface area contributed by atoms with Crippen LogP contribution in [0.15, 0.2) is 43.1 Å². The molecule has 1 aromatic carbocycles. The SMILES string of the molecule is COc1ccc2cc1OCCn1cc(nn1)CO[C@H]1CN(C(=O)Cn3ccnc3)C[C@@H]1NC2=O. The summed E-state index contributed by atoms with van der Waals surface area (Å²) in [6.45, 7) is 1.85. The van der Waals surface area contributed by atoms with Crippen LogP contribution in [0.25, 0.3) is 0 Å². The fourth-order valence-corrected chi connectivity index (χ4v) is 4.06. The van der Waals surface area contributed by atoms with Crippen LogP contribution in [0, 0.1) is 0 Å². The van der Waals surface area contributed by atoms with Gasteiger partial charge >= 0.3 is 0 Å². The van der Waals surface area contributed by atoms with Crippen molar-refractivity contribution in [2.45, 2.75) is 31.8 Å². The Kier molecular flexibility index (Phi) is 6.12. The number of carbonyl (C=O) groups excluding carboxylic acids is 2. The van der Waals surface area contributed by atoms with Crippen molar-refractivity contribution in [1.82, 2.24) is 34.8 Å². The van der Waals surface area contributed by atoms with Gasteiger partial charge in [0.15, 0.2) is 11.5 Å². The Hall–Kier alpha value is -3.93. The third-order valence-corrected chi connectivity index (χ3v) is 5.85. The number of benzene rings is 1. The summed E-state index contributed by atoms with van der Waals surface area (Å²) < 4.78 is 20.7. The van der Waals surface area contributed by atoms with Crippen molar-refractivity contribution < 1.29 is 23.8 Å². The van der Waals surface area contributed by atoms with Crippen LogP contribution in [0.2, 0.25) is 0 Å². The highest BCUT2D eigenvalue weighted by Gasteiger charge is 2.37. The lowest BCUT2D eigenvalue weighted by Crippen LogP contribution is -2.44. The number of methoxy groups -OCH3 is 1. The Bertz CT molecular complexity index is 1160. The van der Waals surface area contributed by atoms with Crippen LogP contribution >= 0.6 is 0 Å². The summed E-state index contributed by atoms with van der Waals surface area (Å²) in [7, 11) is 1.55. The van der Waals surface area contributed by atoms with Crippen molar-refractivity contribution in [2.24, 2.45) is 0 Å². The predicted molar refractivity (Wildman–Crippen MR) is 117 cm³/mol. The quantitative estimate of drug-likeness (QED) is 0.575. The molecule has 0 aliphatic carbocycles. The van der Waals surface area contributed by atoms with Gasteiger partial charge in [-0.05, 0) is 18.2 Å². The minimum absolute atomic E-state index is 0.0798. The third kappa shape index (κ3) is 4.71. The van der Waals surface area contributed by atoms with Crippen LogP contribution in [0.1, 0.15) is 16.1 Å². The smallest absolute Gasteiger partial charge is 0.251 e. The van der Waals surface area contributed by atoms with Crippen molar-refractivity contribution in [3.8, 4) is 11.5 Å². The lowest BCUT2D eigenvalue weighted by Gasteiger charge is -2.20. The summed E-state index contributed by atoms with van der Waals surface area (Å²) in [5, 5.41) is 11.3. The van der Waals surface area contributed by atoms with Crippen LogP contribution in [-0.4, -0.2) is 80.2 Å². The number of hydrogen-bond donors (Lipinski definition) is 1. The zero-order valence-electron chi connectivity index (χ0n) is 18.7. The molecule has 1 saturated heterocycles. The summed E-state index contributed by atoms with van der Waals surface area (Å²) in [6, 6.07) is 4.62. The number of amides is 2. The second-order valence-electron chi connectivity index (χ2n) is 8.15. The van der Waals surface area contributed by atoms with Gasteiger partial charge in [-0.2, -0.15) is 0 Å². The van der Waals surface area contributed by atoms with E-state index in [1.54, 1.807) is 64.4 Å². The first-order valence-corrected chi connectivity index (χ1v) is 10.9. The fourth-order valence-electron chi connectivity index (χ4n) is 4.06. The van der Waals surface area contributed by atoms with Crippen molar-refractivity contribution in [3.05, 3.63) is 54.4 Å². The minimum Gasteiger partial charge on any atom is -0.493 e. The maximum absolute atomic E-state index is 13.1. The van der Waals surface area contributed by atoms with Crippen molar-refractivity contribution >= 4 is 11.8 Å². The Morgan fingerprint density at radius 3 is 3.06 bits per heavy atom. The molecule has 2 amide bonds. The van der Waals surface area contributed by atoms with Gasteiger partial charge in [-0.1, -0.05) is 5.21 Å². The molecule has 2 aliphatic rings. The van der Waals surface area contributed by atoms with Crippen LogP contribution in [0.4, 0.5) is 0 Å². The van der Waals surface area contributed by atoms with E-state index in [1.807, 2.05) is 0 Å². The molecule has 2 aliphatic heterocycles. The van der Waals surface area contributed by atoms with Crippen LogP contribution in [0.3, 0.4) is 0 Å². The maximum Gasteiger partial charge on any atom is 0.251 e. The molecule has 0 spiro atoms. The van der Waals surface area contributed by atoms with Crippen molar-refractivity contribution in [2.75, 3.05) is 26.8 Å². The first-order chi connectivity index (χ1) is 16.6. The molecule has 0 radical (unpaired) electrons. The van der Waals surface area contributed by atoms with Gasteiger partial charge in [-0.25, -0.2) is 9.67 Å². The normalized spacial score (nSPS) is 20.5. The standard InChI is InChI=1S/C22H25N7O5/c1-32-18-3-2-15-8-19(18)33-7-6-29-9-16(25-26-29)13-34-20-11-28(10-17(20)24-22(15)31)21(30)12-27-5-4-23-14-27/h2-5,8-9,14,17,20H,6-7,10-13H2,1H3,(H,24,31)/t17-,20-/m0/s1. The number of rotatable bonds is 3. The molecule has 5 rings (SSSR count). The average molecular weight is 467 g/mol. The maximum atomic E-state index is 13.1. The highest BCUT2D eigenvalue weighted by Crippen LogP contribution is 2.28. The average Bonchev–Trinajstić information content (AvgIpc) is 3.59. The van der Waals surface area contributed by atoms with Gasteiger partial charge in [-0.3, -0.25) is 9.59 Å². The van der Waals surface area contributed by atoms with Gasteiger partial charge in [-0.15, -0.1) is 5.10 Å². The summed E-state index contributed by atoms with van der Waals surface area (Å²) in [5.74, 6) is 0.623. The third-order valence-electron chi connectivity index (χ3n) is 5.85. The number of hydrogen-bond acceptors (Lipinski definition) is 8. The number of nitrogens with zero attached hydrogens (tertiary/aromatic N) is 6. The Balaban J connectivity index is 1.39. The van der Waals surface area contributed by atoms with E-state index < -0.39 is 12.1 Å². The van der Waals surface area contributed by atoms with Crippen molar-refractivity contribution in [3.63, 3.8) is 0 Å². The van der Waals surface area contributed by atoms with Gasteiger partial charge in [0.25, 0.3) is 5.91 Å². The molecular formula is C22H25N7O5. The van der Waals surface area contributed by atoms with Crippen molar-refractivity contribution in [1.29, 1.82) is 0 Å². The predicted octanol–water partition coefficient (Wildman–Crippen LogP) is 0.102. The minimum atomic E-state index is -0.403. The van der Waals surface area contributed by atoms with E-state index in [4.69, 9.17) is 14.2 Å². The summed E-state index contributed by atoms with van der Waals surface area (Å²) >= 11 is 0. The molecular weight excluding hydrogens is 442 g/mol. The lowest BCUT2D eigenvalue weighted by molar-refractivity contribution is -0.131. The second-order valence-corrected chi connectivity index (χ2v) is 8.15. The number of fused-ring (bicyclic) bond motifs is 5. The van der Waals surface area contributed by atoms with E-state index in [9.17, 15) is 9.59 Å². The van der Waals surface area contributed by atoms with E-state index in [-0.39, 0.29) is 25.0 Å². The highest BCUT2D eigenvalue weighted by molar-refractivity contribution is 5.95. The van der Waals surface area contributed by atoms with Crippen LogP contribution in [0.5, 0.6) is 11.5 Å². The molecule has 1 fully saturated rings. The van der Waals surface area contributed by atoms with Gasteiger partial charge in [0.05, 0.1) is 44.9 Å². The molecule has 34 heavy (non-hydrogen) atoms. The number of ether oxygens (including phenoxy) is 3. The molecule has 3 aromatic rings. The van der Waals surface area contributed by atoms with Gasteiger partial charge < -0.3 is 29.0 Å². The number of nitrogens with one attached hydrogen (secondary N) is 1. The largest absolute Gasteiger partial charge is 0.493 e.